The Morgan fingerprint density at radius 3 is 2.61 bits per heavy atom. The first-order chi connectivity index (χ1) is 8.63. The second kappa shape index (κ2) is 5.36. The molecule has 0 radical (unpaired) electrons. The zero-order chi connectivity index (χ0) is 13.1. The Balaban J connectivity index is 2.34. The normalized spacial score (nSPS) is 12.9. The lowest BCUT2D eigenvalue weighted by Gasteiger charge is -2.15. The largest absolute Gasteiger partial charge is 0.342 e. The Hall–Kier alpha value is -1.61. The second-order valence-corrected chi connectivity index (χ2v) is 5.08. The zero-order valence-electron chi connectivity index (χ0n) is 11.3. The van der Waals surface area contributed by atoms with Gasteiger partial charge in [-0.25, -0.2) is 4.98 Å². The Labute approximate surface area is 108 Å². The molecule has 3 heteroatoms. The molecule has 2 rings (SSSR count). The molecule has 1 unspecified atom stereocenters. The molecule has 0 spiro atoms. The molecule has 0 aliphatic carbocycles. The maximum atomic E-state index is 5.82. The lowest BCUT2D eigenvalue weighted by atomic mass is 9.95. The first-order valence-electron chi connectivity index (χ1n) is 6.44. The number of hydrogen-bond acceptors (Lipinski definition) is 2. The van der Waals surface area contributed by atoms with E-state index in [1.54, 1.807) is 0 Å². The summed E-state index contributed by atoms with van der Waals surface area (Å²) in [6.45, 7) is 7.08. The van der Waals surface area contributed by atoms with Crippen molar-refractivity contribution in [2.24, 2.45) is 11.7 Å². The molecule has 0 saturated heterocycles. The molecule has 1 aromatic carbocycles. The van der Waals surface area contributed by atoms with Crippen LogP contribution in [-0.2, 0) is 0 Å². The van der Waals surface area contributed by atoms with Crippen LogP contribution in [0.4, 0.5) is 0 Å². The Kier molecular flexibility index (Phi) is 3.82. The van der Waals surface area contributed by atoms with Gasteiger partial charge in [-0.05, 0) is 18.4 Å². The minimum atomic E-state index is 0.294. The van der Waals surface area contributed by atoms with Crippen molar-refractivity contribution < 1.29 is 0 Å². The first kappa shape index (κ1) is 12.8. The summed E-state index contributed by atoms with van der Waals surface area (Å²) < 4.78 is 0. The minimum Gasteiger partial charge on any atom is -0.342 e. The average Bonchev–Trinajstić information content (AvgIpc) is 2.79. The van der Waals surface area contributed by atoms with Gasteiger partial charge in [0.15, 0.2) is 0 Å². The zero-order valence-corrected chi connectivity index (χ0v) is 11.3. The third-order valence-electron chi connectivity index (χ3n) is 3.44. The van der Waals surface area contributed by atoms with Crippen LogP contribution in [0.15, 0.2) is 30.5 Å². The van der Waals surface area contributed by atoms with Gasteiger partial charge in [0.1, 0.15) is 5.82 Å². The van der Waals surface area contributed by atoms with E-state index in [4.69, 9.17) is 5.73 Å². The van der Waals surface area contributed by atoms with E-state index in [2.05, 4.69) is 42.9 Å². The predicted molar refractivity (Wildman–Crippen MR) is 75.4 cm³/mol. The van der Waals surface area contributed by atoms with Gasteiger partial charge in [-0.3, -0.25) is 0 Å². The van der Waals surface area contributed by atoms with E-state index in [1.165, 1.54) is 11.1 Å². The maximum Gasteiger partial charge on any atom is 0.111 e. The van der Waals surface area contributed by atoms with Crippen molar-refractivity contribution in [3.8, 4) is 11.3 Å². The van der Waals surface area contributed by atoms with Crippen molar-refractivity contribution in [2.45, 2.75) is 26.7 Å². The van der Waals surface area contributed by atoms with Crippen molar-refractivity contribution >= 4 is 0 Å². The van der Waals surface area contributed by atoms with E-state index in [0.717, 1.165) is 11.5 Å². The Bertz CT molecular complexity index is 514. The monoisotopic (exact) mass is 243 g/mol. The van der Waals surface area contributed by atoms with Gasteiger partial charge < -0.3 is 10.7 Å². The summed E-state index contributed by atoms with van der Waals surface area (Å²) in [5.41, 5.74) is 9.35. The van der Waals surface area contributed by atoms with Gasteiger partial charge in [0.25, 0.3) is 0 Å². The molecule has 1 atom stereocenters. The van der Waals surface area contributed by atoms with Gasteiger partial charge in [-0.15, -0.1) is 0 Å². The fourth-order valence-electron chi connectivity index (χ4n) is 2.24. The Morgan fingerprint density at radius 2 is 2.00 bits per heavy atom. The fraction of sp³-hybridized carbons (Fsp3) is 0.400. The maximum absolute atomic E-state index is 5.82. The summed E-state index contributed by atoms with van der Waals surface area (Å²) in [6.07, 6.45) is 1.91. The molecule has 3 N–H and O–H groups in total. The van der Waals surface area contributed by atoms with Crippen LogP contribution >= 0.6 is 0 Å². The van der Waals surface area contributed by atoms with E-state index < -0.39 is 0 Å². The molecule has 1 aromatic heterocycles. The number of aryl methyl sites for hydroxylation is 1. The summed E-state index contributed by atoms with van der Waals surface area (Å²) in [5, 5.41) is 0. The summed E-state index contributed by atoms with van der Waals surface area (Å²) in [6, 6.07) is 8.32. The molecule has 0 fully saturated rings. The number of nitrogens with zero attached hydrogens (tertiary/aromatic N) is 1. The van der Waals surface area contributed by atoms with Crippen molar-refractivity contribution in [3.05, 3.63) is 41.9 Å². The first-order valence-corrected chi connectivity index (χ1v) is 6.44. The third kappa shape index (κ3) is 2.46. The molecule has 96 valence electrons. The van der Waals surface area contributed by atoms with Crippen molar-refractivity contribution in [1.29, 1.82) is 0 Å². The number of H-pyrrole nitrogens is 1. The minimum absolute atomic E-state index is 0.294. The number of rotatable bonds is 4. The van der Waals surface area contributed by atoms with E-state index in [9.17, 15) is 0 Å². The SMILES string of the molecule is Cc1ccccc1-c1cnc(C(CN)C(C)C)[nH]1. The van der Waals surface area contributed by atoms with Gasteiger partial charge in [-0.1, -0.05) is 38.1 Å². The van der Waals surface area contributed by atoms with Crippen molar-refractivity contribution in [2.75, 3.05) is 6.54 Å². The number of imidazole rings is 1. The van der Waals surface area contributed by atoms with Crippen molar-refractivity contribution in [3.63, 3.8) is 0 Å². The number of aromatic amines is 1. The summed E-state index contributed by atoms with van der Waals surface area (Å²) in [5.74, 6) is 1.78. The highest BCUT2D eigenvalue weighted by molar-refractivity contribution is 5.62. The van der Waals surface area contributed by atoms with Crippen LogP contribution in [0.5, 0.6) is 0 Å². The van der Waals surface area contributed by atoms with E-state index in [0.29, 0.717) is 18.4 Å². The third-order valence-corrected chi connectivity index (χ3v) is 3.44. The molecule has 0 amide bonds. The topological polar surface area (TPSA) is 54.7 Å². The lowest BCUT2D eigenvalue weighted by molar-refractivity contribution is 0.487. The molecule has 0 saturated carbocycles. The number of benzene rings is 1. The van der Waals surface area contributed by atoms with Gasteiger partial charge in [0.05, 0.1) is 11.9 Å². The standard InChI is InChI=1S/C15H21N3/c1-10(2)13(8-16)15-17-9-14(18-15)12-7-5-4-6-11(12)3/h4-7,9-10,13H,8,16H2,1-3H3,(H,17,18). The molecule has 2 aromatic rings. The van der Waals surface area contributed by atoms with Crippen LogP contribution < -0.4 is 5.73 Å². The van der Waals surface area contributed by atoms with Crippen LogP contribution in [0, 0.1) is 12.8 Å². The molecular weight excluding hydrogens is 222 g/mol. The molecule has 0 bridgehead atoms. The summed E-state index contributed by atoms with van der Waals surface area (Å²) in [7, 11) is 0. The highest BCUT2D eigenvalue weighted by Gasteiger charge is 2.17. The highest BCUT2D eigenvalue weighted by Crippen LogP contribution is 2.25. The molecule has 0 aliphatic rings. The van der Waals surface area contributed by atoms with Gasteiger partial charge >= 0.3 is 0 Å². The van der Waals surface area contributed by atoms with Crippen LogP contribution in [0.2, 0.25) is 0 Å². The van der Waals surface area contributed by atoms with E-state index in [-0.39, 0.29) is 0 Å². The van der Waals surface area contributed by atoms with Crippen LogP contribution in [0.25, 0.3) is 11.3 Å². The number of aromatic nitrogens is 2. The van der Waals surface area contributed by atoms with Crippen LogP contribution in [0.1, 0.15) is 31.2 Å². The highest BCUT2D eigenvalue weighted by atomic mass is 14.9. The smallest absolute Gasteiger partial charge is 0.111 e. The lowest BCUT2D eigenvalue weighted by Crippen LogP contribution is -2.19. The molecule has 0 aliphatic heterocycles. The van der Waals surface area contributed by atoms with Crippen LogP contribution in [0.3, 0.4) is 0 Å². The Morgan fingerprint density at radius 1 is 1.28 bits per heavy atom. The quantitative estimate of drug-likeness (QED) is 0.867. The molecule has 1 heterocycles. The van der Waals surface area contributed by atoms with E-state index in [1.807, 2.05) is 18.3 Å². The van der Waals surface area contributed by atoms with Gasteiger partial charge in [0.2, 0.25) is 0 Å². The van der Waals surface area contributed by atoms with Crippen LogP contribution in [-0.4, -0.2) is 16.5 Å². The average molecular weight is 243 g/mol. The van der Waals surface area contributed by atoms with E-state index >= 15 is 0 Å². The predicted octanol–water partition coefficient (Wildman–Crippen LogP) is 3.08. The molecule has 18 heavy (non-hydrogen) atoms. The molecular formula is C15H21N3. The number of nitrogens with one attached hydrogen (secondary N) is 1. The summed E-state index contributed by atoms with van der Waals surface area (Å²) >= 11 is 0. The van der Waals surface area contributed by atoms with Gasteiger partial charge in [0, 0.05) is 18.0 Å². The summed E-state index contributed by atoms with van der Waals surface area (Å²) in [4.78, 5) is 7.90. The number of nitrogens with two attached hydrogens (primary N) is 1. The molecule has 3 nitrogen and oxygen atoms in total. The van der Waals surface area contributed by atoms with Gasteiger partial charge in [-0.2, -0.15) is 0 Å². The van der Waals surface area contributed by atoms with Crippen molar-refractivity contribution in [1.82, 2.24) is 9.97 Å². The second-order valence-electron chi connectivity index (χ2n) is 5.08. The number of hydrogen-bond donors (Lipinski definition) is 2. The fourth-order valence-corrected chi connectivity index (χ4v) is 2.24.